The Morgan fingerprint density at radius 2 is 2.25 bits per heavy atom. The van der Waals surface area contributed by atoms with Gasteiger partial charge in [-0.1, -0.05) is 17.7 Å². The fraction of sp³-hybridized carbons (Fsp3) is 0.364. The number of hydrogen-bond donors (Lipinski definition) is 2. The molecule has 16 heavy (non-hydrogen) atoms. The van der Waals surface area contributed by atoms with Crippen molar-refractivity contribution in [2.75, 3.05) is 25.6 Å². The Labute approximate surface area is 99.9 Å². The SMILES string of the molecule is COCCNC(=O)Nc1cc(Cl)ccc1C. The van der Waals surface area contributed by atoms with Gasteiger partial charge in [-0.25, -0.2) is 4.79 Å². The first-order valence-corrected chi connectivity index (χ1v) is 5.31. The van der Waals surface area contributed by atoms with E-state index in [1.54, 1.807) is 19.2 Å². The van der Waals surface area contributed by atoms with Crippen LogP contribution in [0.5, 0.6) is 0 Å². The highest BCUT2D eigenvalue weighted by atomic mass is 35.5. The van der Waals surface area contributed by atoms with Crippen LogP contribution in [-0.4, -0.2) is 26.3 Å². The van der Waals surface area contributed by atoms with Crippen LogP contribution >= 0.6 is 11.6 Å². The predicted molar refractivity (Wildman–Crippen MR) is 65.1 cm³/mol. The number of amides is 2. The fourth-order valence-corrected chi connectivity index (χ4v) is 1.33. The zero-order chi connectivity index (χ0) is 12.0. The summed E-state index contributed by atoms with van der Waals surface area (Å²) in [5, 5.41) is 5.98. The summed E-state index contributed by atoms with van der Waals surface area (Å²) in [4.78, 5) is 11.4. The number of urea groups is 1. The number of methoxy groups -OCH3 is 1. The van der Waals surface area contributed by atoms with Gasteiger partial charge in [0, 0.05) is 24.4 Å². The maximum absolute atomic E-state index is 11.4. The van der Waals surface area contributed by atoms with Crippen LogP contribution < -0.4 is 10.6 Å². The first-order chi connectivity index (χ1) is 7.63. The number of aryl methyl sites for hydroxylation is 1. The van der Waals surface area contributed by atoms with Gasteiger partial charge in [0.1, 0.15) is 0 Å². The number of hydrogen-bond acceptors (Lipinski definition) is 2. The van der Waals surface area contributed by atoms with E-state index in [-0.39, 0.29) is 6.03 Å². The number of rotatable bonds is 4. The first-order valence-electron chi connectivity index (χ1n) is 4.93. The second-order valence-electron chi connectivity index (χ2n) is 3.33. The third-order valence-corrected chi connectivity index (χ3v) is 2.27. The molecule has 0 aliphatic heterocycles. The Morgan fingerprint density at radius 1 is 1.50 bits per heavy atom. The minimum absolute atomic E-state index is 0.262. The molecule has 2 N–H and O–H groups in total. The zero-order valence-electron chi connectivity index (χ0n) is 9.34. The highest BCUT2D eigenvalue weighted by Crippen LogP contribution is 2.19. The van der Waals surface area contributed by atoms with E-state index in [0.29, 0.717) is 23.9 Å². The van der Waals surface area contributed by atoms with E-state index in [0.717, 1.165) is 5.56 Å². The summed E-state index contributed by atoms with van der Waals surface area (Å²) in [6, 6.07) is 5.09. The van der Waals surface area contributed by atoms with Gasteiger partial charge in [-0.05, 0) is 24.6 Å². The van der Waals surface area contributed by atoms with E-state index in [1.807, 2.05) is 13.0 Å². The van der Waals surface area contributed by atoms with Crippen LogP contribution in [0.25, 0.3) is 0 Å². The Balaban J connectivity index is 2.52. The number of anilines is 1. The summed E-state index contributed by atoms with van der Waals surface area (Å²) in [5.74, 6) is 0. The quantitative estimate of drug-likeness (QED) is 0.797. The number of benzene rings is 1. The van der Waals surface area contributed by atoms with Gasteiger partial charge in [-0.15, -0.1) is 0 Å². The first kappa shape index (κ1) is 12.8. The molecule has 0 bridgehead atoms. The second kappa shape index (κ2) is 6.35. The van der Waals surface area contributed by atoms with Gasteiger partial charge in [0.2, 0.25) is 0 Å². The van der Waals surface area contributed by atoms with Crippen molar-refractivity contribution in [2.45, 2.75) is 6.92 Å². The molecule has 88 valence electrons. The minimum Gasteiger partial charge on any atom is -0.383 e. The van der Waals surface area contributed by atoms with Crippen molar-refractivity contribution in [3.05, 3.63) is 28.8 Å². The lowest BCUT2D eigenvalue weighted by molar-refractivity contribution is 0.198. The van der Waals surface area contributed by atoms with Crippen molar-refractivity contribution in [3.63, 3.8) is 0 Å². The Morgan fingerprint density at radius 3 is 2.94 bits per heavy atom. The van der Waals surface area contributed by atoms with Crippen LogP contribution in [0.2, 0.25) is 5.02 Å². The topological polar surface area (TPSA) is 50.4 Å². The van der Waals surface area contributed by atoms with E-state index in [9.17, 15) is 4.79 Å². The molecule has 1 aromatic carbocycles. The van der Waals surface area contributed by atoms with Crippen molar-refractivity contribution < 1.29 is 9.53 Å². The number of ether oxygens (including phenoxy) is 1. The molecule has 0 saturated heterocycles. The van der Waals surface area contributed by atoms with Crippen LogP contribution in [0.1, 0.15) is 5.56 Å². The average molecular weight is 243 g/mol. The number of carbonyl (C=O) groups excluding carboxylic acids is 1. The van der Waals surface area contributed by atoms with Crippen LogP contribution in [-0.2, 0) is 4.74 Å². The standard InChI is InChI=1S/C11H15ClN2O2/c1-8-3-4-9(12)7-10(8)14-11(15)13-5-6-16-2/h3-4,7H,5-6H2,1-2H3,(H2,13,14,15). The maximum atomic E-state index is 11.4. The van der Waals surface area contributed by atoms with Gasteiger partial charge >= 0.3 is 6.03 Å². The fourth-order valence-electron chi connectivity index (χ4n) is 1.16. The minimum atomic E-state index is -0.262. The third-order valence-electron chi connectivity index (χ3n) is 2.04. The lowest BCUT2D eigenvalue weighted by Crippen LogP contribution is -2.31. The third kappa shape index (κ3) is 4.08. The van der Waals surface area contributed by atoms with E-state index in [1.165, 1.54) is 0 Å². The average Bonchev–Trinajstić information content (AvgIpc) is 2.24. The van der Waals surface area contributed by atoms with Gasteiger partial charge in [-0.2, -0.15) is 0 Å². The van der Waals surface area contributed by atoms with Gasteiger partial charge in [0.25, 0.3) is 0 Å². The van der Waals surface area contributed by atoms with Gasteiger partial charge in [0.15, 0.2) is 0 Å². The lowest BCUT2D eigenvalue weighted by atomic mass is 10.2. The molecule has 4 nitrogen and oxygen atoms in total. The van der Waals surface area contributed by atoms with Crippen molar-refractivity contribution in [1.29, 1.82) is 0 Å². The van der Waals surface area contributed by atoms with Gasteiger partial charge in [0.05, 0.1) is 6.61 Å². The summed E-state index contributed by atoms with van der Waals surface area (Å²) >= 11 is 5.84. The molecule has 0 radical (unpaired) electrons. The van der Waals surface area contributed by atoms with Crippen molar-refractivity contribution >= 4 is 23.3 Å². The zero-order valence-corrected chi connectivity index (χ0v) is 10.1. The Kier molecular flexibility index (Phi) is 5.08. The van der Waals surface area contributed by atoms with E-state index >= 15 is 0 Å². The van der Waals surface area contributed by atoms with Crippen molar-refractivity contribution in [3.8, 4) is 0 Å². The molecule has 0 atom stereocenters. The highest BCUT2D eigenvalue weighted by Gasteiger charge is 2.04. The van der Waals surface area contributed by atoms with E-state index < -0.39 is 0 Å². The van der Waals surface area contributed by atoms with Crippen LogP contribution in [0.3, 0.4) is 0 Å². The monoisotopic (exact) mass is 242 g/mol. The van der Waals surface area contributed by atoms with Crippen LogP contribution in [0, 0.1) is 6.92 Å². The Hall–Kier alpha value is -1.26. The molecule has 0 spiro atoms. The second-order valence-corrected chi connectivity index (χ2v) is 3.77. The number of carbonyl (C=O) groups is 1. The smallest absolute Gasteiger partial charge is 0.319 e. The van der Waals surface area contributed by atoms with Gasteiger partial charge in [-0.3, -0.25) is 0 Å². The molecule has 2 amide bonds. The summed E-state index contributed by atoms with van der Waals surface area (Å²) in [5.41, 5.74) is 1.67. The summed E-state index contributed by atoms with van der Waals surface area (Å²) in [7, 11) is 1.58. The van der Waals surface area contributed by atoms with Crippen LogP contribution in [0.4, 0.5) is 10.5 Å². The highest BCUT2D eigenvalue weighted by molar-refractivity contribution is 6.31. The molecule has 0 aromatic heterocycles. The lowest BCUT2D eigenvalue weighted by Gasteiger charge is -2.09. The summed E-state index contributed by atoms with van der Waals surface area (Å²) in [6.07, 6.45) is 0. The molecule has 0 unspecified atom stereocenters. The molecule has 0 saturated carbocycles. The van der Waals surface area contributed by atoms with Gasteiger partial charge < -0.3 is 15.4 Å². The molecule has 0 fully saturated rings. The molecular weight excluding hydrogens is 228 g/mol. The predicted octanol–water partition coefficient (Wildman–Crippen LogP) is 2.42. The molecule has 5 heteroatoms. The number of nitrogens with one attached hydrogen (secondary N) is 2. The summed E-state index contributed by atoms with van der Waals surface area (Å²) < 4.78 is 4.82. The Bertz CT molecular complexity index is 369. The molecule has 1 rings (SSSR count). The summed E-state index contributed by atoms with van der Waals surface area (Å²) in [6.45, 7) is 2.87. The van der Waals surface area contributed by atoms with E-state index in [2.05, 4.69) is 10.6 Å². The van der Waals surface area contributed by atoms with E-state index in [4.69, 9.17) is 16.3 Å². The molecular formula is C11H15ClN2O2. The maximum Gasteiger partial charge on any atom is 0.319 e. The molecule has 1 aromatic rings. The molecule has 0 heterocycles. The van der Waals surface area contributed by atoms with Crippen molar-refractivity contribution in [1.82, 2.24) is 5.32 Å². The molecule has 0 aliphatic carbocycles. The number of halogens is 1. The largest absolute Gasteiger partial charge is 0.383 e. The normalized spacial score (nSPS) is 9.94. The van der Waals surface area contributed by atoms with Crippen LogP contribution in [0.15, 0.2) is 18.2 Å². The van der Waals surface area contributed by atoms with Crippen molar-refractivity contribution in [2.24, 2.45) is 0 Å². The molecule has 0 aliphatic rings.